The highest BCUT2D eigenvalue weighted by atomic mass is 79.9. The molecule has 4 heteroatoms. The molecule has 0 bridgehead atoms. The van der Waals surface area contributed by atoms with Crippen molar-refractivity contribution in [3.05, 3.63) is 28.0 Å². The van der Waals surface area contributed by atoms with Gasteiger partial charge in [0.2, 0.25) is 0 Å². The zero-order valence-electron chi connectivity index (χ0n) is 8.05. The molecule has 0 unspecified atom stereocenters. The van der Waals surface area contributed by atoms with E-state index < -0.39 is 5.82 Å². The molecule has 0 aliphatic heterocycles. The van der Waals surface area contributed by atoms with Crippen molar-refractivity contribution in [2.75, 3.05) is 13.7 Å². The van der Waals surface area contributed by atoms with Crippen LogP contribution in [-0.2, 0) is 0 Å². The number of hydrogen-bond acceptors (Lipinski definition) is 2. The van der Waals surface area contributed by atoms with Crippen LogP contribution in [0.4, 0.5) is 4.39 Å². The summed E-state index contributed by atoms with van der Waals surface area (Å²) in [6.45, 7) is 1.83. The quantitative estimate of drug-likeness (QED) is 0.908. The average Bonchev–Trinajstić information content (AvgIpc) is 2.16. The van der Waals surface area contributed by atoms with E-state index in [0.717, 1.165) is 5.56 Å². The minimum atomic E-state index is -0.419. The Kier molecular flexibility index (Phi) is 3.89. The molecular weight excluding hydrogens is 251 g/mol. The van der Waals surface area contributed by atoms with Gasteiger partial charge in [0.1, 0.15) is 0 Å². The predicted octanol–water partition coefficient (Wildman–Crippen LogP) is 2.69. The van der Waals surface area contributed by atoms with Crippen molar-refractivity contribution in [1.82, 2.24) is 0 Å². The molecule has 0 heterocycles. The maximum absolute atomic E-state index is 13.4. The molecule has 2 nitrogen and oxygen atoms in total. The molecule has 0 saturated carbocycles. The first-order chi connectivity index (χ1) is 6.60. The number of rotatable bonds is 3. The van der Waals surface area contributed by atoms with E-state index in [4.69, 9.17) is 9.84 Å². The Hall–Kier alpha value is -0.610. The van der Waals surface area contributed by atoms with Crippen molar-refractivity contribution < 1.29 is 14.2 Å². The van der Waals surface area contributed by atoms with Crippen molar-refractivity contribution in [3.63, 3.8) is 0 Å². The van der Waals surface area contributed by atoms with Gasteiger partial charge in [-0.25, -0.2) is 4.39 Å². The summed E-state index contributed by atoms with van der Waals surface area (Å²) in [5, 5.41) is 8.93. The Labute approximate surface area is 90.8 Å². The van der Waals surface area contributed by atoms with E-state index in [2.05, 4.69) is 15.9 Å². The average molecular weight is 263 g/mol. The van der Waals surface area contributed by atoms with Gasteiger partial charge in [-0.2, -0.15) is 0 Å². The first-order valence-electron chi connectivity index (χ1n) is 4.24. The second kappa shape index (κ2) is 4.75. The lowest BCUT2D eigenvalue weighted by molar-refractivity contribution is 0.272. The van der Waals surface area contributed by atoms with Gasteiger partial charge in [0, 0.05) is 12.5 Å². The highest BCUT2D eigenvalue weighted by Gasteiger charge is 2.12. The van der Waals surface area contributed by atoms with Crippen LogP contribution in [0.15, 0.2) is 16.6 Å². The van der Waals surface area contributed by atoms with E-state index in [9.17, 15) is 4.39 Å². The third-order valence-electron chi connectivity index (χ3n) is 2.07. The molecule has 0 aliphatic rings. The summed E-state index contributed by atoms with van der Waals surface area (Å²) in [6, 6.07) is 3.13. The normalized spacial score (nSPS) is 12.6. The molecule has 0 fully saturated rings. The van der Waals surface area contributed by atoms with Crippen LogP contribution in [0.2, 0.25) is 0 Å². The van der Waals surface area contributed by atoms with Crippen LogP contribution in [0.25, 0.3) is 0 Å². The van der Waals surface area contributed by atoms with Crippen molar-refractivity contribution >= 4 is 15.9 Å². The lowest BCUT2D eigenvalue weighted by atomic mass is 10.0. The zero-order valence-corrected chi connectivity index (χ0v) is 9.64. The second-order valence-corrected chi connectivity index (χ2v) is 3.96. The maximum Gasteiger partial charge on any atom is 0.168 e. The fourth-order valence-electron chi connectivity index (χ4n) is 1.16. The van der Waals surface area contributed by atoms with Crippen molar-refractivity contribution in [2.24, 2.45) is 0 Å². The first kappa shape index (κ1) is 11.5. The van der Waals surface area contributed by atoms with E-state index in [1.165, 1.54) is 13.2 Å². The van der Waals surface area contributed by atoms with Gasteiger partial charge in [0.15, 0.2) is 11.6 Å². The maximum atomic E-state index is 13.4. The fraction of sp³-hybridized carbons (Fsp3) is 0.400. The van der Waals surface area contributed by atoms with Crippen LogP contribution in [0, 0.1) is 5.82 Å². The summed E-state index contributed by atoms with van der Waals surface area (Å²) in [5.74, 6) is -0.303. The van der Waals surface area contributed by atoms with Crippen molar-refractivity contribution in [3.8, 4) is 5.75 Å². The van der Waals surface area contributed by atoms with Crippen LogP contribution in [0.1, 0.15) is 18.4 Å². The lowest BCUT2D eigenvalue weighted by Crippen LogP contribution is -2.01. The monoisotopic (exact) mass is 262 g/mol. The molecule has 0 radical (unpaired) electrons. The molecule has 0 aliphatic carbocycles. The summed E-state index contributed by atoms with van der Waals surface area (Å²) in [6.07, 6.45) is 0. The van der Waals surface area contributed by atoms with Gasteiger partial charge in [0.25, 0.3) is 0 Å². The van der Waals surface area contributed by atoms with Gasteiger partial charge in [-0.3, -0.25) is 0 Å². The predicted molar refractivity (Wildman–Crippen MR) is 56.2 cm³/mol. The summed E-state index contributed by atoms with van der Waals surface area (Å²) >= 11 is 3.21. The van der Waals surface area contributed by atoms with E-state index in [1.807, 2.05) is 6.92 Å². The lowest BCUT2D eigenvalue weighted by Gasteiger charge is -2.11. The molecule has 78 valence electrons. The number of hydrogen-bond donors (Lipinski definition) is 1. The van der Waals surface area contributed by atoms with Gasteiger partial charge in [-0.15, -0.1) is 0 Å². The highest BCUT2D eigenvalue weighted by Crippen LogP contribution is 2.31. The second-order valence-electron chi connectivity index (χ2n) is 3.10. The van der Waals surface area contributed by atoms with Crippen molar-refractivity contribution in [2.45, 2.75) is 12.8 Å². The number of aliphatic hydroxyl groups is 1. The molecule has 1 atom stereocenters. The van der Waals surface area contributed by atoms with Gasteiger partial charge in [0.05, 0.1) is 11.6 Å². The number of halogens is 2. The number of methoxy groups -OCH3 is 1. The van der Waals surface area contributed by atoms with Crippen molar-refractivity contribution in [1.29, 1.82) is 0 Å². The van der Waals surface area contributed by atoms with Crippen LogP contribution < -0.4 is 4.74 Å². The summed E-state index contributed by atoms with van der Waals surface area (Å²) in [5.41, 5.74) is 0.748. The molecule has 0 spiro atoms. The largest absolute Gasteiger partial charge is 0.492 e. The van der Waals surface area contributed by atoms with Gasteiger partial charge in [-0.05, 0) is 33.6 Å². The molecule has 1 N–H and O–H groups in total. The zero-order chi connectivity index (χ0) is 10.7. The number of aliphatic hydroxyl groups excluding tert-OH is 1. The Bertz CT molecular complexity index is 305. The van der Waals surface area contributed by atoms with Gasteiger partial charge < -0.3 is 9.84 Å². The Morgan fingerprint density at radius 1 is 1.57 bits per heavy atom. The fourth-order valence-corrected chi connectivity index (χ4v) is 1.78. The molecule has 1 aromatic carbocycles. The Morgan fingerprint density at radius 2 is 2.21 bits per heavy atom. The summed E-state index contributed by atoms with van der Waals surface area (Å²) < 4.78 is 18.8. The molecule has 1 aromatic rings. The summed E-state index contributed by atoms with van der Waals surface area (Å²) in [7, 11) is 1.41. The van der Waals surface area contributed by atoms with E-state index in [1.54, 1.807) is 6.07 Å². The van der Waals surface area contributed by atoms with Crippen LogP contribution >= 0.6 is 15.9 Å². The minimum Gasteiger partial charge on any atom is -0.492 e. The number of benzene rings is 1. The molecule has 0 aromatic heterocycles. The molecular formula is C10H12BrFO2. The topological polar surface area (TPSA) is 29.5 Å². The Balaban J connectivity index is 3.13. The molecule has 0 amide bonds. The minimum absolute atomic E-state index is 0.00178. The van der Waals surface area contributed by atoms with E-state index >= 15 is 0 Å². The molecule has 0 saturated heterocycles. The molecule has 1 rings (SSSR count). The van der Waals surface area contributed by atoms with E-state index in [-0.39, 0.29) is 18.3 Å². The third-order valence-corrected chi connectivity index (χ3v) is 2.66. The molecule has 14 heavy (non-hydrogen) atoms. The smallest absolute Gasteiger partial charge is 0.168 e. The Morgan fingerprint density at radius 3 is 2.64 bits per heavy atom. The van der Waals surface area contributed by atoms with Gasteiger partial charge in [-0.1, -0.05) is 6.92 Å². The third kappa shape index (κ3) is 2.25. The van der Waals surface area contributed by atoms with Gasteiger partial charge >= 0.3 is 0 Å². The van der Waals surface area contributed by atoms with E-state index in [0.29, 0.717) is 4.47 Å². The highest BCUT2D eigenvalue weighted by molar-refractivity contribution is 9.10. The van der Waals surface area contributed by atoms with Crippen LogP contribution in [0.5, 0.6) is 5.75 Å². The standard InChI is InChI=1S/C10H12BrFO2/c1-6(5-13)7-3-8(11)10(14-2)9(12)4-7/h3-4,6,13H,5H2,1-2H3/t6-/m1/s1. The summed E-state index contributed by atoms with van der Waals surface area (Å²) in [4.78, 5) is 0. The SMILES string of the molecule is COc1c(F)cc([C@H](C)CO)cc1Br. The number of ether oxygens (including phenoxy) is 1. The van der Waals surface area contributed by atoms with Crippen LogP contribution in [-0.4, -0.2) is 18.8 Å². The van der Waals surface area contributed by atoms with Crippen LogP contribution in [0.3, 0.4) is 0 Å². The first-order valence-corrected chi connectivity index (χ1v) is 5.03.